The van der Waals surface area contributed by atoms with Crippen LogP contribution in [0.25, 0.3) is 0 Å². The van der Waals surface area contributed by atoms with E-state index >= 15 is 0 Å². The van der Waals surface area contributed by atoms with Gasteiger partial charge in [0.05, 0.1) is 5.92 Å². The summed E-state index contributed by atoms with van der Waals surface area (Å²) in [5, 5.41) is 3.06. The second-order valence-electron chi connectivity index (χ2n) is 5.13. The molecule has 1 saturated carbocycles. The Morgan fingerprint density at radius 2 is 1.33 bits per heavy atom. The number of carbonyl (C=O) groups is 1. The third kappa shape index (κ3) is 2.96. The molecule has 0 aromatic carbocycles. The van der Waals surface area contributed by atoms with Crippen LogP contribution in [0.3, 0.4) is 0 Å². The summed E-state index contributed by atoms with van der Waals surface area (Å²) in [6.45, 7) is 0. The molecule has 1 unspecified atom stereocenters. The first-order valence-corrected chi connectivity index (χ1v) is 6.68. The second kappa shape index (κ2) is 5.53. The monoisotopic (exact) mass is 209 g/mol. The molecule has 1 heterocycles. The molecule has 0 aromatic rings. The Kier molecular flexibility index (Phi) is 4.04. The standard InChI is InChI=1S/C13H23NO/c15-13-11-9-7-5-3-1-2-4-6-8-10-12(11)14-13/h11-12H,1-10H2,(H,14,15)/t11-,12?/m0/s1. The Morgan fingerprint density at radius 1 is 0.800 bits per heavy atom. The van der Waals surface area contributed by atoms with Crippen molar-refractivity contribution in [2.24, 2.45) is 5.92 Å². The highest BCUT2D eigenvalue weighted by molar-refractivity contribution is 5.85. The van der Waals surface area contributed by atoms with Gasteiger partial charge < -0.3 is 5.32 Å². The molecule has 2 rings (SSSR count). The first-order valence-electron chi connectivity index (χ1n) is 6.68. The topological polar surface area (TPSA) is 29.1 Å². The second-order valence-corrected chi connectivity index (χ2v) is 5.13. The molecule has 1 saturated heterocycles. The molecule has 0 spiro atoms. The molecule has 2 fully saturated rings. The molecular weight excluding hydrogens is 186 g/mol. The summed E-state index contributed by atoms with van der Waals surface area (Å²) >= 11 is 0. The van der Waals surface area contributed by atoms with E-state index in [1.807, 2.05) is 0 Å². The Labute approximate surface area is 92.8 Å². The van der Waals surface area contributed by atoms with Gasteiger partial charge in [-0.25, -0.2) is 0 Å². The van der Waals surface area contributed by atoms with Gasteiger partial charge in [-0.1, -0.05) is 51.4 Å². The average molecular weight is 209 g/mol. The summed E-state index contributed by atoms with van der Waals surface area (Å²) < 4.78 is 0. The maximum absolute atomic E-state index is 11.4. The third-order valence-corrected chi connectivity index (χ3v) is 3.93. The fraction of sp³-hybridized carbons (Fsp3) is 0.923. The zero-order valence-corrected chi connectivity index (χ0v) is 9.63. The lowest BCUT2D eigenvalue weighted by Crippen LogP contribution is -2.57. The Hall–Kier alpha value is -0.530. The smallest absolute Gasteiger partial charge is 0.225 e. The number of rotatable bonds is 0. The van der Waals surface area contributed by atoms with Crippen molar-refractivity contribution in [3.8, 4) is 0 Å². The fourth-order valence-electron chi connectivity index (χ4n) is 2.87. The molecule has 2 aliphatic rings. The molecule has 15 heavy (non-hydrogen) atoms. The summed E-state index contributed by atoms with van der Waals surface area (Å²) in [6, 6.07) is 0.525. The van der Waals surface area contributed by atoms with E-state index in [0.29, 0.717) is 17.9 Å². The maximum atomic E-state index is 11.4. The predicted molar refractivity (Wildman–Crippen MR) is 61.6 cm³/mol. The highest BCUT2D eigenvalue weighted by Gasteiger charge is 2.37. The molecular formula is C13H23NO. The lowest BCUT2D eigenvalue weighted by atomic mass is 9.82. The maximum Gasteiger partial charge on any atom is 0.225 e. The van der Waals surface area contributed by atoms with E-state index < -0.39 is 0 Å². The van der Waals surface area contributed by atoms with Crippen molar-refractivity contribution in [1.29, 1.82) is 0 Å². The Morgan fingerprint density at radius 3 is 1.93 bits per heavy atom. The van der Waals surface area contributed by atoms with Gasteiger partial charge in [-0.05, 0) is 12.8 Å². The number of amides is 1. The summed E-state index contributed by atoms with van der Waals surface area (Å²) in [5.74, 6) is 0.682. The van der Waals surface area contributed by atoms with Gasteiger partial charge in [0.25, 0.3) is 0 Å². The predicted octanol–water partition coefficient (Wildman–Crippen LogP) is 3.02. The molecule has 1 aliphatic carbocycles. The molecule has 0 radical (unpaired) electrons. The fourth-order valence-corrected chi connectivity index (χ4v) is 2.87. The zero-order valence-electron chi connectivity index (χ0n) is 9.63. The minimum Gasteiger partial charge on any atom is -0.352 e. The van der Waals surface area contributed by atoms with Crippen LogP contribution in [0.5, 0.6) is 0 Å². The van der Waals surface area contributed by atoms with Crippen molar-refractivity contribution < 1.29 is 4.79 Å². The lowest BCUT2D eigenvalue weighted by Gasteiger charge is -2.37. The van der Waals surface area contributed by atoms with Gasteiger partial charge in [-0.2, -0.15) is 0 Å². The first kappa shape index (κ1) is 11.0. The highest BCUT2D eigenvalue weighted by atomic mass is 16.2. The van der Waals surface area contributed by atoms with E-state index in [2.05, 4.69) is 5.32 Å². The number of β-lactam (4-membered cyclic amide) rings is 1. The summed E-state index contributed by atoms with van der Waals surface area (Å²) in [4.78, 5) is 11.4. The van der Waals surface area contributed by atoms with Crippen molar-refractivity contribution in [3.05, 3.63) is 0 Å². The normalized spacial score (nSPS) is 34.0. The molecule has 0 bridgehead atoms. The Balaban J connectivity index is 1.78. The van der Waals surface area contributed by atoms with Crippen molar-refractivity contribution >= 4 is 5.91 Å². The van der Waals surface area contributed by atoms with Crippen LogP contribution in [0.15, 0.2) is 0 Å². The van der Waals surface area contributed by atoms with E-state index in [-0.39, 0.29) is 0 Å². The van der Waals surface area contributed by atoms with Crippen LogP contribution in [-0.4, -0.2) is 11.9 Å². The van der Waals surface area contributed by atoms with Gasteiger partial charge in [0.1, 0.15) is 0 Å². The molecule has 2 heteroatoms. The van der Waals surface area contributed by atoms with Crippen LogP contribution in [-0.2, 0) is 4.79 Å². The molecule has 2 atom stereocenters. The third-order valence-electron chi connectivity index (χ3n) is 3.93. The van der Waals surface area contributed by atoms with Crippen LogP contribution < -0.4 is 5.32 Å². The SMILES string of the molecule is O=C1NC2CCCCCCCCCC[C@H]12. The quantitative estimate of drug-likeness (QED) is 0.610. The van der Waals surface area contributed by atoms with E-state index in [0.717, 1.165) is 6.42 Å². The van der Waals surface area contributed by atoms with Gasteiger partial charge in [0.15, 0.2) is 0 Å². The first-order chi connectivity index (χ1) is 7.38. The summed E-state index contributed by atoms with van der Waals surface area (Å²) in [5.41, 5.74) is 0. The van der Waals surface area contributed by atoms with E-state index in [4.69, 9.17) is 0 Å². The molecule has 1 N–H and O–H groups in total. The van der Waals surface area contributed by atoms with E-state index in [1.165, 1.54) is 57.8 Å². The lowest BCUT2D eigenvalue weighted by molar-refractivity contribution is -0.135. The van der Waals surface area contributed by atoms with Gasteiger partial charge in [-0.3, -0.25) is 4.79 Å². The number of carbonyl (C=O) groups excluding carboxylic acids is 1. The molecule has 0 aromatic heterocycles. The van der Waals surface area contributed by atoms with Crippen molar-refractivity contribution in [2.75, 3.05) is 0 Å². The number of hydrogen-bond acceptors (Lipinski definition) is 1. The number of hydrogen-bond donors (Lipinski definition) is 1. The van der Waals surface area contributed by atoms with Crippen LogP contribution >= 0.6 is 0 Å². The molecule has 2 nitrogen and oxygen atoms in total. The van der Waals surface area contributed by atoms with Crippen molar-refractivity contribution in [3.63, 3.8) is 0 Å². The van der Waals surface area contributed by atoms with Crippen molar-refractivity contribution in [1.82, 2.24) is 5.32 Å². The van der Waals surface area contributed by atoms with Crippen LogP contribution in [0, 0.1) is 5.92 Å². The average Bonchev–Trinajstić information content (AvgIpc) is 2.22. The van der Waals surface area contributed by atoms with Crippen molar-refractivity contribution in [2.45, 2.75) is 70.3 Å². The van der Waals surface area contributed by atoms with Crippen LogP contribution in [0.1, 0.15) is 64.2 Å². The van der Waals surface area contributed by atoms with Gasteiger partial charge in [0, 0.05) is 6.04 Å². The van der Waals surface area contributed by atoms with E-state index in [1.54, 1.807) is 0 Å². The molecule has 1 aliphatic heterocycles. The minimum absolute atomic E-state index is 0.317. The number of nitrogens with one attached hydrogen (secondary N) is 1. The van der Waals surface area contributed by atoms with Gasteiger partial charge in [-0.15, -0.1) is 0 Å². The van der Waals surface area contributed by atoms with Crippen LogP contribution in [0.4, 0.5) is 0 Å². The van der Waals surface area contributed by atoms with E-state index in [9.17, 15) is 4.79 Å². The van der Waals surface area contributed by atoms with Gasteiger partial charge in [0.2, 0.25) is 5.91 Å². The Bertz CT molecular complexity index is 215. The largest absolute Gasteiger partial charge is 0.352 e. The zero-order chi connectivity index (χ0) is 10.5. The summed E-state index contributed by atoms with van der Waals surface area (Å²) in [7, 11) is 0. The highest BCUT2D eigenvalue weighted by Crippen LogP contribution is 2.27. The van der Waals surface area contributed by atoms with Gasteiger partial charge >= 0.3 is 0 Å². The molecule has 1 amide bonds. The minimum atomic E-state index is 0.317. The molecule has 86 valence electrons. The summed E-state index contributed by atoms with van der Waals surface area (Å²) in [6.07, 6.45) is 13.2. The van der Waals surface area contributed by atoms with Crippen LogP contribution in [0.2, 0.25) is 0 Å². The number of fused-ring (bicyclic) bond motifs is 1.